The van der Waals surface area contributed by atoms with Crippen molar-refractivity contribution < 1.29 is 14.3 Å². The van der Waals surface area contributed by atoms with Gasteiger partial charge in [0.2, 0.25) is 0 Å². The molecule has 3 aromatic carbocycles. The molecule has 0 spiro atoms. The number of amides is 1. The van der Waals surface area contributed by atoms with Crippen molar-refractivity contribution >= 4 is 40.0 Å². The molecule has 3 rings (SSSR count). The van der Waals surface area contributed by atoms with Crippen molar-refractivity contribution in [2.45, 2.75) is 52.7 Å². The van der Waals surface area contributed by atoms with Crippen molar-refractivity contribution in [3.05, 3.63) is 91.0 Å². The summed E-state index contributed by atoms with van der Waals surface area (Å²) in [5.41, 5.74) is -0.718. The highest BCUT2D eigenvalue weighted by molar-refractivity contribution is 7.97. The number of alkyl carbamates (subject to hydrolysis) is 1. The van der Waals surface area contributed by atoms with Crippen LogP contribution < -0.4 is 21.2 Å². The molecule has 0 heterocycles. The molecule has 0 bridgehead atoms. The molecular formula is C31H35N2O3P. The molecule has 192 valence electrons. The summed E-state index contributed by atoms with van der Waals surface area (Å²) in [4.78, 5) is 27.2. The van der Waals surface area contributed by atoms with Crippen LogP contribution in [0.15, 0.2) is 91.0 Å². The van der Waals surface area contributed by atoms with Gasteiger partial charge in [0.1, 0.15) is 17.0 Å². The smallest absolute Gasteiger partial charge is 0.408 e. The summed E-state index contributed by atoms with van der Waals surface area (Å²) in [7, 11) is 0. The Bertz CT molecular complexity index is 1200. The Hall–Kier alpha value is -3.61. The minimum Gasteiger partial charge on any atom is -0.444 e. The highest BCUT2D eigenvalue weighted by Crippen LogP contribution is 2.46. The molecule has 0 fully saturated rings. The molecule has 0 unspecified atom stereocenters. The number of ether oxygens (including phenoxy) is 1. The number of hydrogen-bond acceptors (Lipinski definition) is 4. The lowest BCUT2D eigenvalue weighted by Crippen LogP contribution is -2.50. The van der Waals surface area contributed by atoms with Gasteiger partial charge in [-0.1, -0.05) is 111 Å². The number of ketones is 1. The fraction of sp³-hybridized carbons (Fsp3) is 0.290. The van der Waals surface area contributed by atoms with Crippen LogP contribution in [0.4, 0.5) is 4.79 Å². The van der Waals surface area contributed by atoms with E-state index in [1.165, 1.54) is 0 Å². The Labute approximate surface area is 220 Å². The van der Waals surface area contributed by atoms with Crippen molar-refractivity contribution in [2.75, 3.05) is 0 Å². The molecule has 0 aromatic heterocycles. The van der Waals surface area contributed by atoms with Crippen LogP contribution in [-0.2, 0) is 9.53 Å². The Morgan fingerprint density at radius 3 is 1.59 bits per heavy atom. The monoisotopic (exact) mass is 514 g/mol. The lowest BCUT2D eigenvalue weighted by Gasteiger charge is -2.32. The van der Waals surface area contributed by atoms with Crippen molar-refractivity contribution in [3.8, 4) is 6.07 Å². The Balaban J connectivity index is 2.39. The first-order chi connectivity index (χ1) is 17.6. The van der Waals surface area contributed by atoms with Crippen LogP contribution in [0.1, 0.15) is 41.0 Å². The van der Waals surface area contributed by atoms with E-state index in [4.69, 9.17) is 4.74 Å². The molecular weight excluding hydrogens is 479 g/mol. The van der Waals surface area contributed by atoms with E-state index in [-0.39, 0.29) is 17.0 Å². The number of nitrogens with one attached hydrogen (secondary N) is 1. The van der Waals surface area contributed by atoms with E-state index >= 15 is 0 Å². The second kappa shape index (κ2) is 12.1. The Morgan fingerprint density at radius 1 is 0.865 bits per heavy atom. The van der Waals surface area contributed by atoms with E-state index in [1.54, 1.807) is 20.8 Å². The molecule has 3 aromatic rings. The summed E-state index contributed by atoms with van der Waals surface area (Å²) in [6, 6.07) is 30.7. The molecule has 0 aliphatic rings. The van der Waals surface area contributed by atoms with Crippen LogP contribution in [0.2, 0.25) is 0 Å². The first-order valence-corrected chi connectivity index (χ1v) is 14.3. The number of nitrogens with zero attached hydrogens (tertiary/aromatic N) is 1. The van der Waals surface area contributed by atoms with Crippen LogP contribution in [0.5, 0.6) is 0 Å². The minimum absolute atomic E-state index is 0.150. The van der Waals surface area contributed by atoms with Crippen LogP contribution in [-0.4, -0.2) is 28.8 Å². The van der Waals surface area contributed by atoms with E-state index in [0.29, 0.717) is 6.42 Å². The molecule has 0 saturated carbocycles. The third kappa shape index (κ3) is 6.21. The number of benzene rings is 3. The highest BCUT2D eigenvalue weighted by atomic mass is 31.2. The predicted octanol–water partition coefficient (Wildman–Crippen LogP) is 5.18. The third-order valence-electron chi connectivity index (χ3n) is 6.27. The summed E-state index contributed by atoms with van der Waals surface area (Å²) >= 11 is 0. The van der Waals surface area contributed by atoms with Crippen LogP contribution in [0, 0.1) is 17.2 Å². The van der Waals surface area contributed by atoms with E-state index in [2.05, 4.69) is 11.4 Å². The Morgan fingerprint density at radius 2 is 1.27 bits per heavy atom. The van der Waals surface area contributed by atoms with Gasteiger partial charge in [0.25, 0.3) is 0 Å². The standard InChI is InChI=1S/C31H35N2O3P/c1-6-23(2)28(33-30(35)36-31(3,4)5)29(34)27(22-32)37(24-16-10-7-11-17-24,25-18-12-8-13-19-25)26-20-14-9-15-21-26/h7-21,23,28H,6H2,1-5H3,(H,33,35)/t23-,28+/m1/s1. The maximum absolute atomic E-state index is 14.4. The SMILES string of the molecule is CC[C@@H](C)[C@H](NC(=O)OC(C)(C)C)C(=O)C(C#N)=P(c1ccccc1)(c1ccccc1)c1ccccc1. The summed E-state index contributed by atoms with van der Waals surface area (Å²) in [5.74, 6) is -0.597. The third-order valence-corrected chi connectivity index (χ3v) is 10.5. The van der Waals surface area contributed by atoms with Crippen LogP contribution in [0.25, 0.3) is 0 Å². The predicted molar refractivity (Wildman–Crippen MR) is 153 cm³/mol. The first-order valence-electron chi connectivity index (χ1n) is 12.5. The van der Waals surface area contributed by atoms with Crippen molar-refractivity contribution in [1.82, 2.24) is 5.32 Å². The van der Waals surface area contributed by atoms with E-state index < -0.39 is 24.6 Å². The number of nitriles is 1. The normalized spacial score (nSPS) is 13.1. The van der Waals surface area contributed by atoms with Gasteiger partial charge in [0.15, 0.2) is 5.78 Å². The van der Waals surface area contributed by atoms with Gasteiger partial charge in [0, 0.05) is 0 Å². The van der Waals surface area contributed by atoms with E-state index in [9.17, 15) is 14.9 Å². The second-order valence-electron chi connectivity index (χ2n) is 10.0. The van der Waals surface area contributed by atoms with E-state index in [1.807, 2.05) is 105 Å². The number of rotatable bonds is 8. The lowest BCUT2D eigenvalue weighted by molar-refractivity contribution is -0.115. The summed E-state index contributed by atoms with van der Waals surface area (Å²) in [6.07, 6.45) is -0.0373. The molecule has 0 radical (unpaired) electrons. The van der Waals surface area contributed by atoms with Gasteiger partial charge < -0.3 is 10.1 Å². The number of carbonyl (C=O) groups excluding carboxylic acids is 2. The largest absolute Gasteiger partial charge is 0.444 e. The number of Topliss-reactive ketones (excluding diaryl/α,β-unsaturated/α-hetero) is 1. The molecule has 0 saturated heterocycles. The van der Waals surface area contributed by atoms with Gasteiger partial charge in [-0.15, -0.1) is 0 Å². The summed E-state index contributed by atoms with van der Waals surface area (Å²) in [6.45, 7) is 6.29. The van der Waals surface area contributed by atoms with Gasteiger partial charge in [-0.3, -0.25) is 4.79 Å². The molecule has 6 heteroatoms. The molecule has 2 atom stereocenters. The average Bonchev–Trinajstić information content (AvgIpc) is 2.90. The first kappa shape index (κ1) is 28.0. The topological polar surface area (TPSA) is 79.2 Å². The molecule has 0 aliphatic carbocycles. The highest BCUT2D eigenvalue weighted by Gasteiger charge is 2.38. The molecule has 5 nitrogen and oxygen atoms in total. The number of carbonyl (C=O) groups is 2. The van der Waals surface area contributed by atoms with Gasteiger partial charge in [-0.05, 0) is 49.5 Å². The van der Waals surface area contributed by atoms with Crippen LogP contribution in [0.3, 0.4) is 0 Å². The molecule has 37 heavy (non-hydrogen) atoms. The van der Waals surface area contributed by atoms with Gasteiger partial charge in [-0.2, -0.15) is 5.26 Å². The van der Waals surface area contributed by atoms with Crippen molar-refractivity contribution in [2.24, 2.45) is 5.92 Å². The maximum Gasteiger partial charge on any atom is 0.408 e. The maximum atomic E-state index is 14.4. The quantitative estimate of drug-likeness (QED) is 0.420. The summed E-state index contributed by atoms with van der Waals surface area (Å²) < 4.78 is 5.48. The fourth-order valence-electron chi connectivity index (χ4n) is 4.37. The minimum atomic E-state index is -2.89. The van der Waals surface area contributed by atoms with Crippen molar-refractivity contribution in [3.63, 3.8) is 0 Å². The zero-order valence-corrected chi connectivity index (χ0v) is 23.0. The zero-order chi connectivity index (χ0) is 27.1. The molecule has 0 aliphatic heterocycles. The Kier molecular flexibility index (Phi) is 9.14. The number of hydrogen-bond donors (Lipinski definition) is 1. The molecule has 1 amide bonds. The van der Waals surface area contributed by atoms with Gasteiger partial charge in [0.05, 0.1) is 6.04 Å². The van der Waals surface area contributed by atoms with Gasteiger partial charge >= 0.3 is 6.09 Å². The van der Waals surface area contributed by atoms with E-state index in [0.717, 1.165) is 15.9 Å². The zero-order valence-electron chi connectivity index (χ0n) is 22.1. The molecule has 1 N–H and O–H groups in total. The van der Waals surface area contributed by atoms with Gasteiger partial charge in [-0.25, -0.2) is 4.79 Å². The fourth-order valence-corrected chi connectivity index (χ4v) is 8.52. The van der Waals surface area contributed by atoms with Crippen molar-refractivity contribution in [1.29, 1.82) is 5.26 Å². The lowest BCUT2D eigenvalue weighted by atomic mass is 9.94. The summed E-state index contributed by atoms with van der Waals surface area (Å²) in [5, 5.41) is 16.4. The van der Waals surface area contributed by atoms with Crippen LogP contribution >= 0.6 is 6.89 Å². The second-order valence-corrected chi connectivity index (χ2v) is 13.3. The average molecular weight is 515 g/mol.